The molecule has 0 unspecified atom stereocenters. The smallest absolute Gasteiger partial charge is 0.416 e. The van der Waals surface area contributed by atoms with Crippen LogP contribution in [0.3, 0.4) is 0 Å². The third-order valence-corrected chi connectivity index (χ3v) is 7.46. The molecule has 0 aliphatic carbocycles. The van der Waals surface area contributed by atoms with Gasteiger partial charge in [0, 0.05) is 30.9 Å². The molecule has 5 amide bonds. The van der Waals surface area contributed by atoms with E-state index in [0.717, 1.165) is 24.3 Å². The van der Waals surface area contributed by atoms with Crippen LogP contribution in [-0.2, 0) is 6.18 Å². The van der Waals surface area contributed by atoms with Crippen molar-refractivity contribution in [1.29, 1.82) is 0 Å². The van der Waals surface area contributed by atoms with Gasteiger partial charge in [0.05, 0.1) is 30.3 Å². The van der Waals surface area contributed by atoms with Crippen molar-refractivity contribution in [3.63, 3.8) is 0 Å². The van der Waals surface area contributed by atoms with E-state index in [1.807, 2.05) is 6.92 Å². The van der Waals surface area contributed by atoms with E-state index < -0.39 is 41.9 Å². The van der Waals surface area contributed by atoms with E-state index in [4.69, 9.17) is 9.26 Å². The number of hydrogen-bond acceptors (Lipinski definition) is 7. The molecule has 1 aliphatic heterocycles. The molecule has 0 saturated heterocycles. The molecule has 0 saturated carbocycles. The molecular weight excluding hydrogens is 597 g/mol. The number of aliphatic hydroxyl groups excluding tert-OH is 1. The van der Waals surface area contributed by atoms with Crippen LogP contribution in [0, 0.1) is 19.8 Å². The summed E-state index contributed by atoms with van der Waals surface area (Å²) in [4.78, 5) is 42.3. The number of aromatic nitrogens is 1. The maximum atomic E-state index is 13.7. The SMILES string of the molecule is Cc1noc(C)c1NC(=O)N(C)C[C@H]1Oc2ccc(NC(=O)Nc3ccc(C(F)(F)F)cc3)cc2C(=O)N([C@@H](C)CO)C[C@@H]1C. The molecule has 4 N–H and O–H groups in total. The molecule has 4 rings (SSSR count). The number of ether oxygens (including phenoxy) is 1. The molecule has 0 bridgehead atoms. The summed E-state index contributed by atoms with van der Waals surface area (Å²) in [5.41, 5.74) is 0.613. The third-order valence-electron chi connectivity index (χ3n) is 7.46. The molecule has 242 valence electrons. The van der Waals surface area contributed by atoms with Crippen molar-refractivity contribution in [1.82, 2.24) is 15.0 Å². The Hall–Kier alpha value is -4.79. The number of rotatable bonds is 7. The summed E-state index contributed by atoms with van der Waals surface area (Å²) in [7, 11) is 1.60. The Kier molecular flexibility index (Phi) is 9.91. The maximum Gasteiger partial charge on any atom is 0.416 e. The van der Waals surface area contributed by atoms with E-state index in [1.165, 1.54) is 28.0 Å². The minimum absolute atomic E-state index is 0.113. The van der Waals surface area contributed by atoms with Crippen molar-refractivity contribution in [2.75, 3.05) is 42.7 Å². The van der Waals surface area contributed by atoms with Crippen LogP contribution in [0.2, 0.25) is 0 Å². The maximum absolute atomic E-state index is 13.7. The first-order valence-corrected chi connectivity index (χ1v) is 14.1. The summed E-state index contributed by atoms with van der Waals surface area (Å²) in [5.74, 6) is -0.0332. The fourth-order valence-electron chi connectivity index (χ4n) is 4.77. The number of alkyl halides is 3. The zero-order valence-corrected chi connectivity index (χ0v) is 25.4. The number of aliphatic hydroxyl groups is 1. The van der Waals surface area contributed by atoms with Gasteiger partial charge in [0.25, 0.3) is 5.91 Å². The summed E-state index contributed by atoms with van der Waals surface area (Å²) in [5, 5.41) is 21.6. The van der Waals surface area contributed by atoms with Crippen LogP contribution in [0.4, 0.5) is 39.8 Å². The summed E-state index contributed by atoms with van der Waals surface area (Å²) in [6.07, 6.45) is -5.08. The van der Waals surface area contributed by atoms with Crippen LogP contribution < -0.4 is 20.7 Å². The van der Waals surface area contributed by atoms with Gasteiger partial charge < -0.3 is 40.1 Å². The molecule has 3 atom stereocenters. The standard InChI is InChI=1S/C30H35F3N6O6/c1-16-13-39(17(2)15-40)27(41)23-12-22(35-28(42)34-21-8-6-20(7-9-21)30(31,32)33)10-11-24(23)44-25(16)14-38(5)29(43)36-26-18(3)37-45-19(26)4/h6-12,16-17,25,40H,13-15H2,1-5H3,(H,36,43)(H2,34,35,42)/t16-,17-,25+/m0/s1. The zero-order valence-electron chi connectivity index (χ0n) is 25.4. The molecule has 1 aliphatic rings. The predicted molar refractivity (Wildman–Crippen MR) is 159 cm³/mol. The Balaban J connectivity index is 1.54. The monoisotopic (exact) mass is 632 g/mol. The van der Waals surface area contributed by atoms with Gasteiger partial charge in [-0.15, -0.1) is 0 Å². The number of carbonyl (C=O) groups excluding carboxylic acids is 3. The van der Waals surface area contributed by atoms with Gasteiger partial charge in [0.1, 0.15) is 23.2 Å². The van der Waals surface area contributed by atoms with E-state index in [0.29, 0.717) is 17.1 Å². The molecule has 0 fully saturated rings. The van der Waals surface area contributed by atoms with Crippen molar-refractivity contribution in [2.45, 2.75) is 46.0 Å². The predicted octanol–water partition coefficient (Wildman–Crippen LogP) is 5.34. The van der Waals surface area contributed by atoms with Gasteiger partial charge >= 0.3 is 18.2 Å². The topological polar surface area (TPSA) is 149 Å². The lowest BCUT2D eigenvalue weighted by molar-refractivity contribution is -0.137. The van der Waals surface area contributed by atoms with E-state index in [1.54, 1.807) is 27.8 Å². The number of urea groups is 2. The van der Waals surface area contributed by atoms with Crippen LogP contribution in [0.25, 0.3) is 0 Å². The van der Waals surface area contributed by atoms with Crippen molar-refractivity contribution >= 4 is 35.0 Å². The zero-order chi connectivity index (χ0) is 33.1. The molecular formula is C30H35F3N6O6. The number of anilines is 3. The Labute approximate surface area is 257 Å². The minimum Gasteiger partial charge on any atom is -0.487 e. The number of aryl methyl sites for hydroxylation is 2. The normalized spacial score (nSPS) is 17.4. The number of likely N-dealkylation sites (N-methyl/N-ethyl adjacent to an activating group) is 1. The number of halogens is 3. The van der Waals surface area contributed by atoms with Crippen LogP contribution in [0.15, 0.2) is 47.0 Å². The third kappa shape index (κ3) is 7.84. The molecule has 2 heterocycles. The Morgan fingerprint density at radius 1 is 1.11 bits per heavy atom. The number of benzene rings is 2. The van der Waals surface area contributed by atoms with Gasteiger partial charge in [-0.3, -0.25) is 4.79 Å². The largest absolute Gasteiger partial charge is 0.487 e. The van der Waals surface area contributed by atoms with Gasteiger partial charge in [-0.05, 0) is 63.2 Å². The van der Waals surface area contributed by atoms with Gasteiger partial charge in [-0.2, -0.15) is 13.2 Å². The van der Waals surface area contributed by atoms with Crippen LogP contribution in [-0.4, -0.2) is 76.9 Å². The first kappa shape index (κ1) is 33.1. The van der Waals surface area contributed by atoms with Crippen molar-refractivity contribution in [3.8, 4) is 5.75 Å². The average molecular weight is 633 g/mol. The highest BCUT2D eigenvalue weighted by Gasteiger charge is 2.34. The van der Waals surface area contributed by atoms with Crippen molar-refractivity contribution in [3.05, 3.63) is 65.0 Å². The Morgan fingerprint density at radius 3 is 2.36 bits per heavy atom. The number of carbonyl (C=O) groups is 3. The average Bonchev–Trinajstić information content (AvgIpc) is 3.30. The summed E-state index contributed by atoms with van der Waals surface area (Å²) in [6.45, 7) is 7.01. The minimum atomic E-state index is -4.51. The lowest BCUT2D eigenvalue weighted by Crippen LogP contribution is -2.50. The second-order valence-corrected chi connectivity index (χ2v) is 11.0. The Morgan fingerprint density at radius 2 is 1.76 bits per heavy atom. The van der Waals surface area contributed by atoms with Gasteiger partial charge in [-0.25, -0.2) is 9.59 Å². The molecule has 1 aromatic heterocycles. The van der Waals surface area contributed by atoms with Crippen LogP contribution in [0.1, 0.15) is 41.2 Å². The number of nitrogens with zero attached hydrogens (tertiary/aromatic N) is 3. The fourth-order valence-corrected chi connectivity index (χ4v) is 4.77. The molecule has 15 heteroatoms. The quantitative estimate of drug-likeness (QED) is 0.275. The lowest BCUT2D eigenvalue weighted by atomic mass is 9.99. The first-order chi connectivity index (χ1) is 21.2. The van der Waals surface area contributed by atoms with Crippen molar-refractivity contribution in [2.24, 2.45) is 5.92 Å². The second-order valence-electron chi connectivity index (χ2n) is 11.0. The number of nitrogens with one attached hydrogen (secondary N) is 3. The van der Waals surface area contributed by atoms with Gasteiger partial charge in [0.15, 0.2) is 5.76 Å². The van der Waals surface area contributed by atoms with Crippen LogP contribution >= 0.6 is 0 Å². The lowest BCUT2D eigenvalue weighted by Gasteiger charge is -2.38. The fraction of sp³-hybridized carbons (Fsp3) is 0.400. The molecule has 0 spiro atoms. The van der Waals surface area contributed by atoms with E-state index >= 15 is 0 Å². The highest BCUT2D eigenvalue weighted by atomic mass is 19.4. The number of amides is 5. The van der Waals surface area contributed by atoms with E-state index in [9.17, 15) is 32.7 Å². The molecule has 3 aromatic rings. The van der Waals surface area contributed by atoms with Gasteiger partial charge in [-0.1, -0.05) is 12.1 Å². The van der Waals surface area contributed by atoms with E-state index in [2.05, 4.69) is 21.1 Å². The molecule has 45 heavy (non-hydrogen) atoms. The van der Waals surface area contributed by atoms with Crippen molar-refractivity contribution < 1.29 is 41.9 Å². The first-order valence-electron chi connectivity index (χ1n) is 14.1. The Bertz CT molecular complexity index is 1520. The second kappa shape index (κ2) is 13.5. The molecule has 0 radical (unpaired) electrons. The number of fused-ring (bicyclic) bond motifs is 1. The van der Waals surface area contributed by atoms with Crippen LogP contribution in [0.5, 0.6) is 5.75 Å². The number of hydrogen-bond donors (Lipinski definition) is 4. The highest BCUT2D eigenvalue weighted by molar-refractivity contribution is 6.02. The van der Waals surface area contributed by atoms with E-state index in [-0.39, 0.29) is 48.3 Å². The summed E-state index contributed by atoms with van der Waals surface area (Å²) in [6, 6.07) is 6.68. The molecule has 12 nitrogen and oxygen atoms in total. The molecule has 2 aromatic carbocycles. The summed E-state index contributed by atoms with van der Waals surface area (Å²) >= 11 is 0. The summed E-state index contributed by atoms with van der Waals surface area (Å²) < 4.78 is 50.0. The highest BCUT2D eigenvalue weighted by Crippen LogP contribution is 2.32. The van der Waals surface area contributed by atoms with Gasteiger partial charge in [0.2, 0.25) is 0 Å².